The van der Waals surface area contributed by atoms with Gasteiger partial charge in [0.05, 0.1) is 6.42 Å². The van der Waals surface area contributed by atoms with Gasteiger partial charge in [-0.3, -0.25) is 9.69 Å². The van der Waals surface area contributed by atoms with Crippen LogP contribution < -0.4 is 0 Å². The molecule has 1 aliphatic heterocycles. The van der Waals surface area contributed by atoms with Crippen LogP contribution in [0.15, 0.2) is 152 Å². The number of hydrogen-bond acceptors (Lipinski definition) is 6. The van der Waals surface area contributed by atoms with Gasteiger partial charge in [0.25, 0.3) is 0 Å². The average Bonchev–Trinajstić information content (AvgIpc) is 3.38. The lowest BCUT2D eigenvalue weighted by atomic mass is 9.86. The summed E-state index contributed by atoms with van der Waals surface area (Å²) in [6.45, 7) is -0.0260. The molecule has 7 nitrogen and oxygen atoms in total. The zero-order valence-corrected chi connectivity index (χ0v) is 25.1. The summed E-state index contributed by atoms with van der Waals surface area (Å²) >= 11 is 0. The van der Waals surface area contributed by atoms with Crippen molar-refractivity contribution in [3.8, 4) is 0 Å². The molecule has 1 fully saturated rings. The molecule has 0 unspecified atom stereocenters. The summed E-state index contributed by atoms with van der Waals surface area (Å²) in [6.07, 6.45) is -3.08. The van der Waals surface area contributed by atoms with Gasteiger partial charge in [0, 0.05) is 12.0 Å². The van der Waals surface area contributed by atoms with Crippen molar-refractivity contribution >= 4 is 18.0 Å². The molecular formula is C39H33NO6. The van der Waals surface area contributed by atoms with E-state index in [1.165, 1.54) is 4.90 Å². The van der Waals surface area contributed by atoms with Gasteiger partial charge >= 0.3 is 18.0 Å². The lowest BCUT2D eigenvalue weighted by Crippen LogP contribution is -2.55. The van der Waals surface area contributed by atoms with Crippen molar-refractivity contribution in [2.45, 2.75) is 37.3 Å². The van der Waals surface area contributed by atoms with E-state index in [-0.39, 0.29) is 13.0 Å². The second-order valence-electron chi connectivity index (χ2n) is 11.1. The van der Waals surface area contributed by atoms with Crippen LogP contribution in [0.5, 0.6) is 0 Å². The lowest BCUT2D eigenvalue weighted by molar-refractivity contribution is -0.155. The standard InChI is InChI=1S/C39H33NO6/c41-34(45-35(31-20-10-3-11-21-31)32-22-12-4-13-23-32)27-39(26-29-16-6-1-7-17-29)37(42)46-36(33-24-14-5-15-25-33)40(39)38(43)44-28-30-18-8-2-9-19-30/h1-25,35-36H,26-28H2/t36-,39+/m1/s1. The molecule has 2 atom stereocenters. The van der Waals surface area contributed by atoms with Crippen molar-refractivity contribution in [3.63, 3.8) is 0 Å². The number of amides is 1. The number of esters is 2. The van der Waals surface area contributed by atoms with E-state index in [2.05, 4.69) is 0 Å². The Morgan fingerprint density at radius 3 is 1.70 bits per heavy atom. The molecule has 0 spiro atoms. The Kier molecular flexibility index (Phi) is 9.20. The maximum Gasteiger partial charge on any atom is 0.414 e. The van der Waals surface area contributed by atoms with Crippen molar-refractivity contribution in [2.75, 3.05) is 0 Å². The Labute approximate surface area is 268 Å². The molecule has 5 aromatic rings. The molecule has 1 heterocycles. The minimum atomic E-state index is -1.76. The summed E-state index contributed by atoms with van der Waals surface area (Å²) in [7, 11) is 0. The normalized spacial score (nSPS) is 17.4. The van der Waals surface area contributed by atoms with Crippen LogP contribution >= 0.6 is 0 Å². The number of ether oxygens (including phenoxy) is 3. The molecular weight excluding hydrogens is 578 g/mol. The summed E-state index contributed by atoms with van der Waals surface area (Å²) in [5, 5.41) is 0. The SMILES string of the molecule is O=C(C[C@@]1(Cc2ccccc2)C(=O)O[C@H](c2ccccc2)N1C(=O)OCc1ccccc1)OC(c1ccccc1)c1ccccc1. The van der Waals surface area contributed by atoms with E-state index >= 15 is 0 Å². The molecule has 46 heavy (non-hydrogen) atoms. The highest BCUT2D eigenvalue weighted by molar-refractivity contribution is 5.93. The Morgan fingerprint density at radius 2 is 1.15 bits per heavy atom. The van der Waals surface area contributed by atoms with E-state index in [1.807, 2.05) is 127 Å². The lowest BCUT2D eigenvalue weighted by Gasteiger charge is -2.35. The van der Waals surface area contributed by atoms with Crippen LogP contribution in [-0.2, 0) is 36.8 Å². The third-order valence-electron chi connectivity index (χ3n) is 8.01. The Morgan fingerprint density at radius 1 is 0.674 bits per heavy atom. The first-order chi connectivity index (χ1) is 22.5. The van der Waals surface area contributed by atoms with Crippen LogP contribution in [0, 0.1) is 0 Å². The van der Waals surface area contributed by atoms with Crippen molar-refractivity contribution in [3.05, 3.63) is 179 Å². The molecule has 230 valence electrons. The highest BCUT2D eigenvalue weighted by Gasteiger charge is 2.60. The minimum absolute atomic E-state index is 0.00683. The third-order valence-corrected chi connectivity index (χ3v) is 8.01. The van der Waals surface area contributed by atoms with Crippen molar-refractivity contribution in [1.29, 1.82) is 0 Å². The number of carbonyl (C=O) groups is 3. The second-order valence-corrected chi connectivity index (χ2v) is 11.1. The summed E-state index contributed by atoms with van der Waals surface area (Å²) in [5.41, 5.74) is 1.88. The van der Waals surface area contributed by atoms with Gasteiger partial charge in [-0.1, -0.05) is 152 Å². The van der Waals surface area contributed by atoms with Gasteiger partial charge in [-0.05, 0) is 22.3 Å². The first-order valence-electron chi connectivity index (χ1n) is 15.1. The molecule has 1 aliphatic rings. The van der Waals surface area contributed by atoms with Crippen LogP contribution in [-0.4, -0.2) is 28.5 Å². The quantitative estimate of drug-likeness (QED) is 0.120. The Hall–Kier alpha value is -5.69. The maximum absolute atomic E-state index is 14.2. The molecule has 0 aromatic heterocycles. The van der Waals surface area contributed by atoms with Crippen molar-refractivity contribution < 1.29 is 28.6 Å². The summed E-state index contributed by atoms with van der Waals surface area (Å²) in [5.74, 6) is -1.38. The largest absolute Gasteiger partial charge is 0.452 e. The molecule has 0 saturated carbocycles. The van der Waals surface area contributed by atoms with Crippen molar-refractivity contribution in [1.82, 2.24) is 4.90 Å². The van der Waals surface area contributed by atoms with E-state index < -0.39 is 42.3 Å². The third kappa shape index (κ3) is 6.69. The fraction of sp³-hybridized carbons (Fsp3) is 0.154. The van der Waals surface area contributed by atoms with Crippen molar-refractivity contribution in [2.24, 2.45) is 0 Å². The number of carbonyl (C=O) groups excluding carboxylic acids is 3. The number of benzene rings is 5. The molecule has 7 heteroatoms. The number of hydrogen-bond donors (Lipinski definition) is 0. The fourth-order valence-electron chi connectivity index (χ4n) is 5.79. The number of nitrogens with zero attached hydrogens (tertiary/aromatic N) is 1. The second kappa shape index (κ2) is 13.9. The van der Waals surface area contributed by atoms with Gasteiger partial charge < -0.3 is 14.2 Å². The maximum atomic E-state index is 14.2. The van der Waals surface area contributed by atoms with E-state index in [9.17, 15) is 14.4 Å². The zero-order chi connectivity index (χ0) is 31.8. The van der Waals surface area contributed by atoms with Gasteiger partial charge in [0.15, 0.2) is 11.6 Å². The van der Waals surface area contributed by atoms with Gasteiger partial charge in [0.2, 0.25) is 6.23 Å². The van der Waals surface area contributed by atoms with Crippen LogP contribution in [0.1, 0.15) is 46.6 Å². The van der Waals surface area contributed by atoms with Gasteiger partial charge in [-0.15, -0.1) is 0 Å². The smallest absolute Gasteiger partial charge is 0.414 e. The summed E-state index contributed by atoms with van der Waals surface area (Å²) in [6, 6.07) is 46.3. The summed E-state index contributed by atoms with van der Waals surface area (Å²) < 4.78 is 18.0. The first-order valence-corrected chi connectivity index (χ1v) is 15.1. The predicted octanol–water partition coefficient (Wildman–Crippen LogP) is 7.59. The topological polar surface area (TPSA) is 82.1 Å². The fourth-order valence-corrected chi connectivity index (χ4v) is 5.79. The predicted molar refractivity (Wildman–Crippen MR) is 172 cm³/mol. The van der Waals surface area contributed by atoms with E-state index in [0.29, 0.717) is 5.56 Å². The van der Waals surface area contributed by atoms with Gasteiger partial charge in [0.1, 0.15) is 6.61 Å². The molecule has 1 amide bonds. The highest BCUT2D eigenvalue weighted by atomic mass is 16.6. The van der Waals surface area contributed by atoms with Crippen LogP contribution in [0.3, 0.4) is 0 Å². The van der Waals surface area contributed by atoms with Crippen LogP contribution in [0.2, 0.25) is 0 Å². The van der Waals surface area contributed by atoms with Crippen LogP contribution in [0.4, 0.5) is 4.79 Å². The number of cyclic esters (lactones) is 1. The minimum Gasteiger partial charge on any atom is -0.452 e. The monoisotopic (exact) mass is 611 g/mol. The number of rotatable bonds is 10. The molecule has 0 aliphatic carbocycles. The molecule has 5 aromatic carbocycles. The van der Waals surface area contributed by atoms with E-state index in [0.717, 1.165) is 22.3 Å². The molecule has 0 radical (unpaired) electrons. The Balaban J connectivity index is 1.39. The first kappa shape index (κ1) is 30.3. The van der Waals surface area contributed by atoms with Gasteiger partial charge in [-0.2, -0.15) is 0 Å². The molecule has 0 bridgehead atoms. The molecule has 0 N–H and O–H groups in total. The zero-order valence-electron chi connectivity index (χ0n) is 25.1. The molecule has 6 rings (SSSR count). The highest BCUT2D eigenvalue weighted by Crippen LogP contribution is 2.43. The average molecular weight is 612 g/mol. The van der Waals surface area contributed by atoms with E-state index in [1.54, 1.807) is 24.3 Å². The molecule has 1 saturated heterocycles. The van der Waals surface area contributed by atoms with Gasteiger partial charge in [-0.25, -0.2) is 9.59 Å². The Bertz CT molecular complexity index is 1710. The van der Waals surface area contributed by atoms with E-state index in [4.69, 9.17) is 14.2 Å². The van der Waals surface area contributed by atoms with Crippen LogP contribution in [0.25, 0.3) is 0 Å². The summed E-state index contributed by atoms with van der Waals surface area (Å²) in [4.78, 5) is 43.6.